The van der Waals surface area contributed by atoms with Gasteiger partial charge in [-0.3, -0.25) is 4.79 Å². The molecule has 3 heterocycles. The Hall–Kier alpha value is -3.14. The van der Waals surface area contributed by atoms with Crippen LogP contribution in [-0.4, -0.2) is 40.6 Å². The third kappa shape index (κ3) is 5.30. The fourth-order valence-corrected chi connectivity index (χ4v) is 6.66. The zero-order valence-corrected chi connectivity index (χ0v) is 23.1. The van der Waals surface area contributed by atoms with Gasteiger partial charge in [-0.05, 0) is 69.2 Å². The van der Waals surface area contributed by atoms with E-state index in [0.29, 0.717) is 41.9 Å². The number of amides is 2. The summed E-state index contributed by atoms with van der Waals surface area (Å²) in [6.07, 6.45) is 0.322. The van der Waals surface area contributed by atoms with Crippen molar-refractivity contribution in [2.75, 3.05) is 18.5 Å². The molecule has 2 aromatic carbocycles. The molecule has 0 saturated carbocycles. The first-order valence-electron chi connectivity index (χ1n) is 11.9. The molecule has 10 heteroatoms. The van der Waals surface area contributed by atoms with Crippen LogP contribution in [0.4, 0.5) is 9.80 Å². The number of rotatable bonds is 6. The van der Waals surface area contributed by atoms with Crippen molar-refractivity contribution < 1.29 is 19.1 Å². The molecule has 1 N–H and O–H groups in total. The zero-order valence-electron chi connectivity index (χ0n) is 20.7. The summed E-state index contributed by atoms with van der Waals surface area (Å²) in [7, 11) is 0. The van der Waals surface area contributed by atoms with E-state index < -0.39 is 5.60 Å². The zero-order chi connectivity index (χ0) is 26.2. The van der Waals surface area contributed by atoms with Crippen LogP contribution in [0.25, 0.3) is 20.8 Å². The molecule has 0 bridgehead atoms. The number of anilines is 1. The summed E-state index contributed by atoms with van der Waals surface area (Å²) < 4.78 is 12.3. The van der Waals surface area contributed by atoms with Crippen molar-refractivity contribution in [1.82, 2.24) is 9.88 Å². The highest BCUT2D eigenvalue weighted by Gasteiger charge is 2.34. The van der Waals surface area contributed by atoms with Gasteiger partial charge >= 0.3 is 6.09 Å². The van der Waals surface area contributed by atoms with Crippen LogP contribution in [0.1, 0.15) is 31.2 Å². The fourth-order valence-electron chi connectivity index (χ4n) is 4.16. The number of ether oxygens (including phenoxy) is 2. The third-order valence-electron chi connectivity index (χ3n) is 6.05. The summed E-state index contributed by atoms with van der Waals surface area (Å²) >= 11 is 9.05. The van der Waals surface area contributed by atoms with E-state index in [0.717, 1.165) is 31.2 Å². The minimum Gasteiger partial charge on any atom is -0.478 e. The first-order valence-corrected chi connectivity index (χ1v) is 13.9. The van der Waals surface area contributed by atoms with Crippen molar-refractivity contribution in [2.45, 2.75) is 39.3 Å². The lowest BCUT2D eigenvalue weighted by Crippen LogP contribution is -2.42. The number of hydrogen-bond acceptors (Lipinski definition) is 7. The lowest BCUT2D eigenvalue weighted by Gasteiger charge is -2.26. The summed E-state index contributed by atoms with van der Waals surface area (Å²) in [5.74, 6) is 0.261. The van der Waals surface area contributed by atoms with Gasteiger partial charge in [-0.1, -0.05) is 23.7 Å². The Morgan fingerprint density at radius 2 is 1.89 bits per heavy atom. The molecule has 0 spiro atoms. The summed E-state index contributed by atoms with van der Waals surface area (Å²) in [4.78, 5) is 33.5. The molecule has 0 saturated heterocycles. The summed E-state index contributed by atoms with van der Waals surface area (Å²) in [5.41, 5.74) is 1.78. The molecule has 192 valence electrons. The monoisotopic (exact) mass is 555 g/mol. The Labute approximate surface area is 228 Å². The van der Waals surface area contributed by atoms with Crippen LogP contribution in [0.3, 0.4) is 0 Å². The molecule has 7 nitrogen and oxygen atoms in total. The van der Waals surface area contributed by atoms with E-state index in [2.05, 4.69) is 5.32 Å². The molecular formula is C27H26ClN3O4S2. The minimum absolute atomic E-state index is 0.286. The molecule has 0 fully saturated rings. The minimum atomic E-state index is -1.15. The number of carbonyl (C=O) groups excluding carboxylic acids is 2. The Bertz CT molecular complexity index is 1430. The summed E-state index contributed by atoms with van der Waals surface area (Å²) in [6.45, 7) is 6.55. The highest BCUT2D eigenvalue weighted by atomic mass is 35.5. The number of aromatic nitrogens is 1. The standard InChI is InChI=1S/C27H26ClN3O4S2/c1-4-34-26(33)31-14-13-18-21(15-31)37-24(22(18)23-29-19-7-5-6-8-20(19)36-23)30-25(32)27(2,3)35-17-11-9-16(28)10-12-17/h5-12H,4,13-15H2,1-3H3,(H,30,32). The molecule has 5 rings (SSSR count). The van der Waals surface area contributed by atoms with Gasteiger partial charge in [0, 0.05) is 22.0 Å². The number of para-hydroxylation sites is 1. The predicted octanol–water partition coefficient (Wildman–Crippen LogP) is 6.99. The second-order valence-electron chi connectivity index (χ2n) is 9.09. The van der Waals surface area contributed by atoms with E-state index in [1.807, 2.05) is 24.3 Å². The van der Waals surface area contributed by atoms with E-state index in [9.17, 15) is 9.59 Å². The second-order valence-corrected chi connectivity index (χ2v) is 11.7. The average molecular weight is 556 g/mol. The second kappa shape index (κ2) is 10.3. The highest BCUT2D eigenvalue weighted by molar-refractivity contribution is 7.23. The highest BCUT2D eigenvalue weighted by Crippen LogP contribution is 2.46. The maximum absolute atomic E-state index is 13.5. The first-order chi connectivity index (χ1) is 17.7. The Kier molecular flexibility index (Phi) is 7.11. The molecule has 0 unspecified atom stereocenters. The number of thiazole rings is 1. The van der Waals surface area contributed by atoms with E-state index in [1.165, 1.54) is 11.3 Å². The lowest BCUT2D eigenvalue weighted by atomic mass is 10.0. The molecule has 37 heavy (non-hydrogen) atoms. The van der Waals surface area contributed by atoms with Crippen LogP contribution in [0.5, 0.6) is 5.75 Å². The third-order valence-corrected chi connectivity index (χ3v) is 8.49. The molecule has 0 atom stereocenters. The molecule has 4 aromatic rings. The van der Waals surface area contributed by atoms with E-state index >= 15 is 0 Å². The van der Waals surface area contributed by atoms with Gasteiger partial charge in [0.1, 0.15) is 15.8 Å². The van der Waals surface area contributed by atoms with Gasteiger partial charge in [-0.15, -0.1) is 22.7 Å². The van der Waals surface area contributed by atoms with Crippen molar-refractivity contribution in [2.24, 2.45) is 0 Å². The van der Waals surface area contributed by atoms with Gasteiger partial charge < -0.3 is 19.7 Å². The predicted molar refractivity (Wildman–Crippen MR) is 149 cm³/mol. The quantitative estimate of drug-likeness (QED) is 0.277. The Balaban J connectivity index is 1.49. The largest absolute Gasteiger partial charge is 0.478 e. The summed E-state index contributed by atoms with van der Waals surface area (Å²) in [6, 6.07) is 14.9. The molecule has 0 radical (unpaired) electrons. The van der Waals surface area contributed by atoms with Gasteiger partial charge in [-0.2, -0.15) is 0 Å². The number of thiophene rings is 1. The van der Waals surface area contributed by atoms with Crippen molar-refractivity contribution >= 4 is 61.5 Å². The van der Waals surface area contributed by atoms with Crippen molar-refractivity contribution in [1.29, 1.82) is 0 Å². The van der Waals surface area contributed by atoms with Crippen LogP contribution in [0.15, 0.2) is 48.5 Å². The summed E-state index contributed by atoms with van der Waals surface area (Å²) in [5, 5.41) is 5.25. The van der Waals surface area contributed by atoms with Gasteiger partial charge in [0.15, 0.2) is 5.60 Å². The number of carbonyl (C=O) groups is 2. The Morgan fingerprint density at radius 3 is 2.62 bits per heavy atom. The van der Waals surface area contributed by atoms with Crippen molar-refractivity contribution in [3.05, 3.63) is 64.0 Å². The van der Waals surface area contributed by atoms with Gasteiger partial charge in [0.25, 0.3) is 5.91 Å². The van der Waals surface area contributed by atoms with Crippen molar-refractivity contribution in [3.8, 4) is 16.3 Å². The Morgan fingerprint density at radius 1 is 1.14 bits per heavy atom. The van der Waals surface area contributed by atoms with Crippen LogP contribution < -0.4 is 10.1 Å². The van der Waals surface area contributed by atoms with Crippen LogP contribution in [0, 0.1) is 0 Å². The van der Waals surface area contributed by atoms with Gasteiger partial charge in [0.2, 0.25) is 0 Å². The van der Waals surface area contributed by atoms with Crippen LogP contribution in [-0.2, 0) is 22.5 Å². The van der Waals surface area contributed by atoms with Crippen LogP contribution >= 0.6 is 34.3 Å². The molecule has 2 amide bonds. The normalized spacial score (nSPS) is 13.4. The molecule has 1 aliphatic heterocycles. The smallest absolute Gasteiger partial charge is 0.410 e. The number of benzene rings is 2. The van der Waals surface area contributed by atoms with Crippen LogP contribution in [0.2, 0.25) is 5.02 Å². The molecule has 1 aliphatic rings. The number of nitrogens with zero attached hydrogens (tertiary/aromatic N) is 2. The average Bonchev–Trinajstić information content (AvgIpc) is 3.45. The first kappa shape index (κ1) is 25.5. The van der Waals surface area contributed by atoms with E-state index in [4.69, 9.17) is 26.1 Å². The molecular weight excluding hydrogens is 530 g/mol. The maximum atomic E-state index is 13.5. The van der Waals surface area contributed by atoms with E-state index in [-0.39, 0.29) is 12.0 Å². The number of halogens is 1. The topological polar surface area (TPSA) is 80.8 Å². The fraction of sp³-hybridized carbons (Fsp3) is 0.296. The number of hydrogen-bond donors (Lipinski definition) is 1. The molecule has 0 aliphatic carbocycles. The number of nitrogens with one attached hydrogen (secondary N) is 1. The lowest BCUT2D eigenvalue weighted by molar-refractivity contribution is -0.128. The van der Waals surface area contributed by atoms with Crippen molar-refractivity contribution in [3.63, 3.8) is 0 Å². The van der Waals surface area contributed by atoms with Gasteiger partial charge in [0.05, 0.1) is 23.4 Å². The number of fused-ring (bicyclic) bond motifs is 2. The van der Waals surface area contributed by atoms with Gasteiger partial charge in [-0.25, -0.2) is 9.78 Å². The van der Waals surface area contributed by atoms with E-state index in [1.54, 1.807) is 61.3 Å². The SMILES string of the molecule is CCOC(=O)N1CCc2c(sc(NC(=O)C(C)(C)Oc3ccc(Cl)cc3)c2-c2nc3ccccc3s2)C1. The molecule has 2 aromatic heterocycles. The maximum Gasteiger partial charge on any atom is 0.410 e.